The molecule has 0 saturated carbocycles. The first-order chi connectivity index (χ1) is 12.8. The molecule has 5 nitrogen and oxygen atoms in total. The quantitative estimate of drug-likeness (QED) is 0.650. The van der Waals surface area contributed by atoms with Crippen molar-refractivity contribution in [2.24, 2.45) is 0 Å². The van der Waals surface area contributed by atoms with Gasteiger partial charge in [0, 0.05) is 11.4 Å². The van der Waals surface area contributed by atoms with Crippen LogP contribution in [0, 0.1) is 20.8 Å². The number of aryl methyl sites for hydroxylation is 3. The molecule has 0 bridgehead atoms. The van der Waals surface area contributed by atoms with E-state index in [9.17, 15) is 13.2 Å². The van der Waals surface area contributed by atoms with Crippen LogP contribution in [0.15, 0.2) is 58.8 Å². The van der Waals surface area contributed by atoms with Gasteiger partial charge < -0.3 is 5.32 Å². The fourth-order valence-electron chi connectivity index (χ4n) is 2.68. The van der Waals surface area contributed by atoms with E-state index in [1.54, 1.807) is 37.3 Å². The van der Waals surface area contributed by atoms with Crippen LogP contribution < -0.4 is 10.0 Å². The van der Waals surface area contributed by atoms with E-state index in [2.05, 4.69) is 10.0 Å². The summed E-state index contributed by atoms with van der Waals surface area (Å²) in [4.78, 5) is 13.1. The van der Waals surface area contributed by atoms with Crippen LogP contribution in [0.3, 0.4) is 0 Å². The molecule has 2 N–H and O–H groups in total. The SMILES string of the molecule is Cc1cccc(NS(=O)(=O)c2cc(NC(=O)c3sccc3C)ccc2C)c1. The summed E-state index contributed by atoms with van der Waals surface area (Å²) in [6.45, 7) is 5.48. The summed E-state index contributed by atoms with van der Waals surface area (Å²) in [5, 5.41) is 4.63. The zero-order valence-corrected chi connectivity index (χ0v) is 16.9. The minimum absolute atomic E-state index is 0.129. The molecule has 0 aliphatic rings. The molecule has 0 radical (unpaired) electrons. The number of benzene rings is 2. The Balaban J connectivity index is 1.88. The van der Waals surface area contributed by atoms with Crippen molar-refractivity contribution in [2.45, 2.75) is 25.7 Å². The van der Waals surface area contributed by atoms with E-state index < -0.39 is 10.0 Å². The maximum atomic E-state index is 12.8. The molecule has 1 aromatic heterocycles. The second-order valence-electron chi connectivity index (χ2n) is 6.34. The summed E-state index contributed by atoms with van der Waals surface area (Å²) in [6.07, 6.45) is 0. The molecule has 1 amide bonds. The van der Waals surface area contributed by atoms with Crippen LogP contribution in [-0.2, 0) is 10.0 Å². The lowest BCUT2D eigenvalue weighted by atomic mass is 10.2. The summed E-state index contributed by atoms with van der Waals surface area (Å²) >= 11 is 1.35. The van der Waals surface area contributed by atoms with Gasteiger partial charge in [-0.2, -0.15) is 0 Å². The first kappa shape index (κ1) is 19.1. The second-order valence-corrected chi connectivity index (χ2v) is 8.91. The van der Waals surface area contributed by atoms with Crippen molar-refractivity contribution in [3.63, 3.8) is 0 Å². The van der Waals surface area contributed by atoms with E-state index in [-0.39, 0.29) is 10.8 Å². The van der Waals surface area contributed by atoms with Gasteiger partial charge in [0.25, 0.3) is 15.9 Å². The van der Waals surface area contributed by atoms with Crippen molar-refractivity contribution in [2.75, 3.05) is 10.0 Å². The molecule has 27 heavy (non-hydrogen) atoms. The van der Waals surface area contributed by atoms with Gasteiger partial charge in [-0.15, -0.1) is 11.3 Å². The molecule has 3 rings (SSSR count). The maximum absolute atomic E-state index is 12.8. The predicted molar refractivity (Wildman–Crippen MR) is 110 cm³/mol. The Hall–Kier alpha value is -2.64. The summed E-state index contributed by atoms with van der Waals surface area (Å²) in [6, 6.07) is 13.9. The Labute approximate surface area is 163 Å². The predicted octanol–water partition coefficient (Wildman–Crippen LogP) is 4.73. The number of carbonyl (C=O) groups is 1. The van der Waals surface area contributed by atoms with Crippen LogP contribution in [0.5, 0.6) is 0 Å². The zero-order chi connectivity index (χ0) is 19.6. The Kier molecular flexibility index (Phi) is 5.34. The molecule has 1 heterocycles. The molecule has 0 saturated heterocycles. The smallest absolute Gasteiger partial charge is 0.265 e. The van der Waals surface area contributed by atoms with Crippen molar-refractivity contribution in [3.05, 3.63) is 75.5 Å². The van der Waals surface area contributed by atoms with Crippen molar-refractivity contribution in [1.29, 1.82) is 0 Å². The number of hydrogen-bond acceptors (Lipinski definition) is 4. The number of sulfonamides is 1. The Morgan fingerprint density at radius 3 is 2.37 bits per heavy atom. The minimum Gasteiger partial charge on any atom is -0.321 e. The Bertz CT molecular complexity index is 1100. The second kappa shape index (κ2) is 7.54. The molecular formula is C20H20N2O3S2. The van der Waals surface area contributed by atoms with Gasteiger partial charge in [-0.3, -0.25) is 9.52 Å². The van der Waals surface area contributed by atoms with Gasteiger partial charge in [0.1, 0.15) is 0 Å². The average Bonchev–Trinajstić information content (AvgIpc) is 3.02. The van der Waals surface area contributed by atoms with Gasteiger partial charge >= 0.3 is 0 Å². The molecule has 0 spiro atoms. The molecule has 0 aliphatic carbocycles. The average molecular weight is 401 g/mol. The van der Waals surface area contributed by atoms with Crippen LogP contribution in [0.1, 0.15) is 26.4 Å². The van der Waals surface area contributed by atoms with Crippen molar-refractivity contribution < 1.29 is 13.2 Å². The van der Waals surface area contributed by atoms with Crippen molar-refractivity contribution in [1.82, 2.24) is 0 Å². The Morgan fingerprint density at radius 1 is 0.926 bits per heavy atom. The van der Waals surface area contributed by atoms with E-state index in [4.69, 9.17) is 0 Å². The van der Waals surface area contributed by atoms with E-state index >= 15 is 0 Å². The van der Waals surface area contributed by atoms with Crippen LogP contribution in [0.25, 0.3) is 0 Å². The highest BCUT2D eigenvalue weighted by molar-refractivity contribution is 7.92. The lowest BCUT2D eigenvalue weighted by Crippen LogP contribution is -2.16. The molecule has 0 unspecified atom stereocenters. The minimum atomic E-state index is -3.78. The largest absolute Gasteiger partial charge is 0.321 e. The third kappa shape index (κ3) is 4.37. The van der Waals surface area contributed by atoms with Gasteiger partial charge in [-0.25, -0.2) is 8.42 Å². The summed E-state index contributed by atoms with van der Waals surface area (Å²) in [5.41, 5.74) is 3.37. The monoisotopic (exact) mass is 400 g/mol. The van der Waals surface area contributed by atoms with E-state index in [1.807, 2.05) is 31.4 Å². The van der Waals surface area contributed by atoms with Gasteiger partial charge in [0.2, 0.25) is 0 Å². The van der Waals surface area contributed by atoms with Gasteiger partial charge in [-0.05, 0) is 73.2 Å². The normalized spacial score (nSPS) is 11.2. The number of anilines is 2. The highest BCUT2D eigenvalue weighted by Gasteiger charge is 2.19. The van der Waals surface area contributed by atoms with E-state index in [0.717, 1.165) is 11.1 Å². The lowest BCUT2D eigenvalue weighted by molar-refractivity contribution is 0.103. The van der Waals surface area contributed by atoms with E-state index in [1.165, 1.54) is 17.4 Å². The van der Waals surface area contributed by atoms with Gasteiger partial charge in [0.05, 0.1) is 9.77 Å². The fourth-order valence-corrected chi connectivity index (χ4v) is 4.82. The number of rotatable bonds is 5. The number of carbonyl (C=O) groups excluding carboxylic acids is 1. The van der Waals surface area contributed by atoms with Gasteiger partial charge in [0.15, 0.2) is 0 Å². The van der Waals surface area contributed by atoms with E-state index in [0.29, 0.717) is 21.8 Å². The van der Waals surface area contributed by atoms with Crippen molar-refractivity contribution in [3.8, 4) is 0 Å². The topological polar surface area (TPSA) is 75.3 Å². The molecule has 2 aromatic carbocycles. The molecule has 3 aromatic rings. The van der Waals surface area contributed by atoms with Crippen LogP contribution in [0.2, 0.25) is 0 Å². The summed E-state index contributed by atoms with van der Waals surface area (Å²) in [7, 11) is -3.78. The molecule has 7 heteroatoms. The van der Waals surface area contributed by atoms with Crippen molar-refractivity contribution >= 4 is 38.6 Å². The lowest BCUT2D eigenvalue weighted by Gasteiger charge is -2.13. The first-order valence-corrected chi connectivity index (χ1v) is 10.7. The third-order valence-electron chi connectivity index (χ3n) is 4.07. The number of amides is 1. The number of hydrogen-bond donors (Lipinski definition) is 2. The summed E-state index contributed by atoms with van der Waals surface area (Å²) < 4.78 is 28.3. The molecule has 0 fully saturated rings. The van der Waals surface area contributed by atoms with Crippen LogP contribution in [0.4, 0.5) is 11.4 Å². The summed E-state index contributed by atoms with van der Waals surface area (Å²) in [5.74, 6) is -0.249. The van der Waals surface area contributed by atoms with Gasteiger partial charge in [-0.1, -0.05) is 18.2 Å². The standard InChI is InChI=1S/C20H20N2O3S2/c1-13-5-4-6-17(11-13)22-27(24,25)18-12-16(8-7-14(18)2)21-20(23)19-15(3)9-10-26-19/h4-12,22H,1-3H3,(H,21,23). The van der Waals surface area contributed by atoms with Crippen LogP contribution in [-0.4, -0.2) is 14.3 Å². The highest BCUT2D eigenvalue weighted by atomic mass is 32.2. The third-order valence-corrected chi connectivity index (χ3v) is 6.61. The highest BCUT2D eigenvalue weighted by Crippen LogP contribution is 2.24. The molecule has 140 valence electrons. The number of nitrogens with one attached hydrogen (secondary N) is 2. The van der Waals surface area contributed by atoms with Crippen LogP contribution >= 0.6 is 11.3 Å². The molecule has 0 atom stereocenters. The fraction of sp³-hybridized carbons (Fsp3) is 0.150. The first-order valence-electron chi connectivity index (χ1n) is 8.32. The number of thiophene rings is 1. The molecule has 0 aliphatic heterocycles. The zero-order valence-electron chi connectivity index (χ0n) is 15.2. The molecular weight excluding hydrogens is 380 g/mol. The maximum Gasteiger partial charge on any atom is 0.265 e. The Morgan fingerprint density at radius 2 is 1.70 bits per heavy atom.